The highest BCUT2D eigenvalue weighted by Crippen LogP contribution is 2.17. The van der Waals surface area contributed by atoms with Crippen LogP contribution in [0.2, 0.25) is 0 Å². The van der Waals surface area contributed by atoms with Crippen molar-refractivity contribution in [2.45, 2.75) is 44.9 Å². The lowest BCUT2D eigenvalue weighted by atomic mass is 10.1. The minimum absolute atomic E-state index is 0.816. The molecule has 21 heavy (non-hydrogen) atoms. The molecule has 0 atom stereocenters. The summed E-state index contributed by atoms with van der Waals surface area (Å²) in [5, 5.41) is 0. The van der Waals surface area contributed by atoms with Crippen molar-refractivity contribution in [3.8, 4) is 11.5 Å². The fourth-order valence-corrected chi connectivity index (χ4v) is 2.84. The summed E-state index contributed by atoms with van der Waals surface area (Å²) in [7, 11) is 1.68. The summed E-state index contributed by atoms with van der Waals surface area (Å²) in [5.74, 6) is 1.81. The van der Waals surface area contributed by atoms with Crippen LogP contribution in [-0.4, -0.2) is 38.3 Å². The highest BCUT2D eigenvalue weighted by molar-refractivity contribution is 5.31. The second-order valence-corrected chi connectivity index (χ2v) is 5.84. The molecule has 0 amide bonds. The molecular formula is C18H29NO2. The normalized spacial score (nSPS) is 15.9. The van der Waals surface area contributed by atoms with Crippen molar-refractivity contribution < 1.29 is 9.47 Å². The van der Waals surface area contributed by atoms with Gasteiger partial charge in [-0.25, -0.2) is 0 Å². The molecule has 0 aliphatic carbocycles. The summed E-state index contributed by atoms with van der Waals surface area (Å²) in [6, 6.07) is 7.81. The van der Waals surface area contributed by atoms with E-state index in [0.29, 0.717) is 0 Å². The molecule has 0 bridgehead atoms. The largest absolute Gasteiger partial charge is 0.497 e. The van der Waals surface area contributed by atoms with E-state index in [4.69, 9.17) is 9.47 Å². The van der Waals surface area contributed by atoms with Gasteiger partial charge in [0, 0.05) is 0 Å². The summed E-state index contributed by atoms with van der Waals surface area (Å²) >= 11 is 0. The number of hydrogen-bond acceptors (Lipinski definition) is 3. The van der Waals surface area contributed by atoms with Crippen LogP contribution in [0.5, 0.6) is 11.5 Å². The number of nitrogens with zero attached hydrogens (tertiary/aromatic N) is 1. The van der Waals surface area contributed by atoms with Gasteiger partial charge in [-0.2, -0.15) is 0 Å². The molecule has 118 valence electrons. The summed E-state index contributed by atoms with van der Waals surface area (Å²) in [4.78, 5) is 2.62. The van der Waals surface area contributed by atoms with Crippen molar-refractivity contribution >= 4 is 0 Å². The maximum absolute atomic E-state index is 5.74. The van der Waals surface area contributed by atoms with Crippen LogP contribution in [0.4, 0.5) is 0 Å². The van der Waals surface area contributed by atoms with Gasteiger partial charge in [-0.1, -0.05) is 19.3 Å². The second kappa shape index (κ2) is 9.67. The van der Waals surface area contributed by atoms with E-state index in [1.807, 2.05) is 24.3 Å². The summed E-state index contributed by atoms with van der Waals surface area (Å²) in [5.41, 5.74) is 0. The van der Waals surface area contributed by atoms with Crippen LogP contribution in [0, 0.1) is 0 Å². The zero-order chi connectivity index (χ0) is 14.8. The van der Waals surface area contributed by atoms with Crippen molar-refractivity contribution in [3.05, 3.63) is 24.3 Å². The van der Waals surface area contributed by atoms with E-state index in [9.17, 15) is 0 Å². The first kappa shape index (κ1) is 16.2. The van der Waals surface area contributed by atoms with Crippen LogP contribution < -0.4 is 9.47 Å². The standard InChI is InChI=1S/C18H29NO2/c1-20-17-9-11-18(12-10-17)21-16-8-3-2-5-13-19-14-6-4-7-15-19/h9-12H,2-8,13-16H2,1H3. The van der Waals surface area contributed by atoms with Crippen LogP contribution in [0.3, 0.4) is 0 Å². The molecule has 1 aromatic carbocycles. The average Bonchev–Trinajstić information content (AvgIpc) is 2.55. The smallest absolute Gasteiger partial charge is 0.119 e. The van der Waals surface area contributed by atoms with Crippen molar-refractivity contribution in [1.82, 2.24) is 4.90 Å². The fourth-order valence-electron chi connectivity index (χ4n) is 2.84. The van der Waals surface area contributed by atoms with Gasteiger partial charge in [-0.05, 0) is 69.6 Å². The Morgan fingerprint density at radius 1 is 0.857 bits per heavy atom. The summed E-state index contributed by atoms with van der Waals surface area (Å²) in [6.45, 7) is 4.75. The number of benzene rings is 1. The molecule has 1 aliphatic heterocycles. The van der Waals surface area contributed by atoms with Gasteiger partial charge in [0.15, 0.2) is 0 Å². The number of unbranched alkanes of at least 4 members (excludes halogenated alkanes) is 3. The molecule has 0 unspecified atom stereocenters. The predicted octanol–water partition coefficient (Wildman–Crippen LogP) is 4.12. The number of piperidine rings is 1. The highest BCUT2D eigenvalue weighted by Gasteiger charge is 2.08. The minimum atomic E-state index is 0.816. The molecular weight excluding hydrogens is 262 g/mol. The number of hydrogen-bond donors (Lipinski definition) is 0. The third-order valence-corrected chi connectivity index (χ3v) is 4.15. The van der Waals surface area contributed by atoms with Gasteiger partial charge in [0.05, 0.1) is 13.7 Å². The highest BCUT2D eigenvalue weighted by atomic mass is 16.5. The molecule has 0 N–H and O–H groups in total. The molecule has 3 nitrogen and oxygen atoms in total. The molecule has 3 heteroatoms. The van der Waals surface area contributed by atoms with E-state index in [-0.39, 0.29) is 0 Å². The molecule has 0 aromatic heterocycles. The van der Waals surface area contributed by atoms with Crippen molar-refractivity contribution in [2.75, 3.05) is 33.4 Å². The van der Waals surface area contributed by atoms with Gasteiger partial charge in [0.25, 0.3) is 0 Å². The molecule has 1 fully saturated rings. The van der Waals surface area contributed by atoms with E-state index in [0.717, 1.165) is 24.5 Å². The summed E-state index contributed by atoms with van der Waals surface area (Å²) in [6.07, 6.45) is 9.30. The Kier molecular flexibility index (Phi) is 7.44. The van der Waals surface area contributed by atoms with Crippen molar-refractivity contribution in [3.63, 3.8) is 0 Å². The summed E-state index contributed by atoms with van der Waals surface area (Å²) < 4.78 is 10.9. The van der Waals surface area contributed by atoms with Gasteiger partial charge >= 0.3 is 0 Å². The predicted molar refractivity (Wildman–Crippen MR) is 87.2 cm³/mol. The Hall–Kier alpha value is -1.22. The number of ether oxygens (including phenoxy) is 2. The van der Waals surface area contributed by atoms with Gasteiger partial charge < -0.3 is 14.4 Å². The first-order chi connectivity index (χ1) is 10.4. The van der Waals surface area contributed by atoms with Crippen molar-refractivity contribution in [2.24, 2.45) is 0 Å². The van der Waals surface area contributed by atoms with Gasteiger partial charge in [-0.15, -0.1) is 0 Å². The van der Waals surface area contributed by atoms with E-state index >= 15 is 0 Å². The number of likely N-dealkylation sites (tertiary alicyclic amines) is 1. The average molecular weight is 291 g/mol. The minimum Gasteiger partial charge on any atom is -0.497 e. The van der Waals surface area contributed by atoms with Crippen molar-refractivity contribution in [1.29, 1.82) is 0 Å². The molecule has 0 radical (unpaired) electrons. The van der Waals surface area contributed by atoms with E-state index in [2.05, 4.69) is 4.90 Å². The van der Waals surface area contributed by atoms with Crippen LogP contribution in [-0.2, 0) is 0 Å². The topological polar surface area (TPSA) is 21.7 Å². The van der Waals surface area contributed by atoms with E-state index in [1.165, 1.54) is 58.2 Å². The SMILES string of the molecule is COc1ccc(OCCCCCCN2CCCCC2)cc1. The Bertz CT molecular complexity index is 371. The number of methoxy groups -OCH3 is 1. The molecule has 2 rings (SSSR count). The Morgan fingerprint density at radius 3 is 2.24 bits per heavy atom. The third kappa shape index (κ3) is 6.38. The van der Waals surface area contributed by atoms with E-state index in [1.54, 1.807) is 7.11 Å². The van der Waals surface area contributed by atoms with Crippen LogP contribution >= 0.6 is 0 Å². The van der Waals surface area contributed by atoms with Crippen LogP contribution in [0.15, 0.2) is 24.3 Å². The fraction of sp³-hybridized carbons (Fsp3) is 0.667. The van der Waals surface area contributed by atoms with Gasteiger partial charge in [-0.3, -0.25) is 0 Å². The second-order valence-electron chi connectivity index (χ2n) is 5.84. The Balaban J connectivity index is 1.46. The molecule has 0 spiro atoms. The first-order valence-corrected chi connectivity index (χ1v) is 8.38. The molecule has 1 saturated heterocycles. The Labute approximate surface area is 129 Å². The molecule has 0 saturated carbocycles. The monoisotopic (exact) mass is 291 g/mol. The lowest BCUT2D eigenvalue weighted by Gasteiger charge is -2.26. The maximum atomic E-state index is 5.74. The third-order valence-electron chi connectivity index (χ3n) is 4.15. The molecule has 1 aliphatic rings. The first-order valence-electron chi connectivity index (χ1n) is 8.38. The Morgan fingerprint density at radius 2 is 1.52 bits per heavy atom. The maximum Gasteiger partial charge on any atom is 0.119 e. The molecule has 1 heterocycles. The van der Waals surface area contributed by atoms with Crippen LogP contribution in [0.1, 0.15) is 44.9 Å². The zero-order valence-electron chi connectivity index (χ0n) is 13.4. The zero-order valence-corrected chi connectivity index (χ0v) is 13.4. The lowest BCUT2D eigenvalue weighted by molar-refractivity contribution is 0.223. The van der Waals surface area contributed by atoms with Gasteiger partial charge in [0.2, 0.25) is 0 Å². The molecule has 1 aromatic rings. The quantitative estimate of drug-likeness (QED) is 0.639. The van der Waals surface area contributed by atoms with Gasteiger partial charge in [0.1, 0.15) is 11.5 Å². The van der Waals surface area contributed by atoms with E-state index < -0.39 is 0 Å². The number of rotatable bonds is 9. The van der Waals surface area contributed by atoms with Crippen LogP contribution in [0.25, 0.3) is 0 Å². The lowest BCUT2D eigenvalue weighted by Crippen LogP contribution is -2.30.